The van der Waals surface area contributed by atoms with Crippen molar-refractivity contribution in [3.8, 4) is 17.2 Å². The summed E-state index contributed by atoms with van der Waals surface area (Å²) in [6.45, 7) is 1.97. The largest absolute Gasteiger partial charge is 0.502 e. The van der Waals surface area contributed by atoms with Gasteiger partial charge in [-0.2, -0.15) is 0 Å². The number of aromatic hydroxyl groups is 1. The van der Waals surface area contributed by atoms with Crippen LogP contribution < -0.4 is 0 Å². The van der Waals surface area contributed by atoms with Gasteiger partial charge in [0.15, 0.2) is 5.58 Å². The Morgan fingerprint density at radius 2 is 2.00 bits per heavy atom. The molecule has 1 aromatic heterocycles. The monoisotopic (exact) mass is 451 g/mol. The molecule has 4 rings (SSSR count). The van der Waals surface area contributed by atoms with Crippen LogP contribution in [0.25, 0.3) is 22.6 Å². The van der Waals surface area contributed by atoms with Crippen LogP contribution in [0, 0.1) is 17.0 Å². The fourth-order valence-corrected chi connectivity index (χ4v) is 3.38. The molecular weight excluding hydrogens is 438 g/mol. The van der Waals surface area contributed by atoms with E-state index >= 15 is 0 Å². The van der Waals surface area contributed by atoms with Gasteiger partial charge in [0.1, 0.15) is 5.52 Å². The van der Waals surface area contributed by atoms with Crippen molar-refractivity contribution < 1.29 is 14.4 Å². The number of benzene rings is 3. The molecule has 0 atom stereocenters. The van der Waals surface area contributed by atoms with Crippen molar-refractivity contribution in [2.45, 2.75) is 6.92 Å². The number of nitro groups is 1. The van der Waals surface area contributed by atoms with Crippen LogP contribution in [0.1, 0.15) is 11.1 Å². The van der Waals surface area contributed by atoms with E-state index in [9.17, 15) is 15.2 Å². The van der Waals surface area contributed by atoms with E-state index in [1.165, 1.54) is 12.3 Å². The number of phenolic OH excluding ortho intramolecular Hbond substituents is 1. The van der Waals surface area contributed by atoms with E-state index in [0.29, 0.717) is 21.6 Å². The maximum atomic E-state index is 11.1. The molecule has 0 radical (unpaired) electrons. The SMILES string of the molecule is Cc1cccc2oc(-c3cccc(N=Cc4cc(Br)cc([N+](=O)[O-])c4O)c3)nc12. The minimum atomic E-state index is -0.646. The molecule has 0 spiro atoms. The molecule has 1 heterocycles. The second kappa shape index (κ2) is 7.48. The molecule has 29 heavy (non-hydrogen) atoms. The number of para-hydroxylation sites is 1. The normalized spacial score (nSPS) is 11.4. The minimum Gasteiger partial charge on any atom is -0.502 e. The summed E-state index contributed by atoms with van der Waals surface area (Å²) in [5.41, 5.74) is 3.72. The molecule has 0 saturated heterocycles. The van der Waals surface area contributed by atoms with Gasteiger partial charge in [-0.15, -0.1) is 0 Å². The van der Waals surface area contributed by atoms with Crippen LogP contribution in [-0.4, -0.2) is 21.2 Å². The third kappa shape index (κ3) is 3.74. The first-order chi connectivity index (χ1) is 13.9. The highest BCUT2D eigenvalue weighted by Gasteiger charge is 2.17. The standard InChI is InChI=1S/C21H14BrN3O4/c1-12-4-2-7-18-19(12)24-21(29-18)13-5-3-6-16(9-13)23-11-14-8-15(22)10-17(20(14)26)25(27)28/h2-11,26H,1H3. The lowest BCUT2D eigenvalue weighted by Crippen LogP contribution is -1.92. The van der Waals surface area contributed by atoms with Gasteiger partial charge in [0, 0.05) is 27.9 Å². The Labute approximate surface area is 173 Å². The lowest BCUT2D eigenvalue weighted by atomic mass is 10.1. The number of rotatable bonds is 4. The molecule has 4 aromatic rings. The first-order valence-electron chi connectivity index (χ1n) is 8.60. The summed E-state index contributed by atoms with van der Waals surface area (Å²) in [6.07, 6.45) is 1.38. The number of nitro benzene ring substituents is 1. The van der Waals surface area contributed by atoms with Gasteiger partial charge in [-0.25, -0.2) is 4.98 Å². The van der Waals surface area contributed by atoms with E-state index in [1.54, 1.807) is 18.2 Å². The van der Waals surface area contributed by atoms with Crippen LogP contribution >= 0.6 is 15.9 Å². The number of aliphatic imine (C=N–C) groups is 1. The number of phenols is 1. The zero-order valence-electron chi connectivity index (χ0n) is 15.2. The Morgan fingerprint density at radius 3 is 2.76 bits per heavy atom. The smallest absolute Gasteiger partial charge is 0.312 e. The Kier molecular flexibility index (Phi) is 4.85. The zero-order valence-corrected chi connectivity index (χ0v) is 16.8. The van der Waals surface area contributed by atoms with Gasteiger partial charge in [0.25, 0.3) is 0 Å². The third-order valence-electron chi connectivity index (χ3n) is 4.35. The topological polar surface area (TPSA) is 102 Å². The molecule has 0 amide bonds. The van der Waals surface area contributed by atoms with E-state index in [-0.39, 0.29) is 5.56 Å². The van der Waals surface area contributed by atoms with Crippen LogP contribution in [0.2, 0.25) is 0 Å². The van der Waals surface area contributed by atoms with E-state index in [2.05, 4.69) is 25.9 Å². The van der Waals surface area contributed by atoms with Crippen LogP contribution in [0.3, 0.4) is 0 Å². The van der Waals surface area contributed by atoms with Gasteiger partial charge in [-0.05, 0) is 42.8 Å². The van der Waals surface area contributed by atoms with Crippen molar-refractivity contribution in [1.29, 1.82) is 0 Å². The average Bonchev–Trinajstić information content (AvgIpc) is 3.14. The molecule has 1 N–H and O–H groups in total. The number of fused-ring (bicyclic) bond motifs is 1. The fourth-order valence-electron chi connectivity index (χ4n) is 2.92. The summed E-state index contributed by atoms with van der Waals surface area (Å²) in [5, 5.41) is 21.2. The van der Waals surface area contributed by atoms with Gasteiger partial charge >= 0.3 is 5.69 Å². The molecule has 8 heteroatoms. The van der Waals surface area contributed by atoms with Gasteiger partial charge in [-0.1, -0.05) is 34.1 Å². The Hall–Kier alpha value is -3.52. The highest BCUT2D eigenvalue weighted by molar-refractivity contribution is 9.10. The molecular formula is C21H14BrN3O4. The van der Waals surface area contributed by atoms with Gasteiger partial charge in [-0.3, -0.25) is 15.1 Å². The van der Waals surface area contributed by atoms with Crippen molar-refractivity contribution in [3.05, 3.63) is 80.3 Å². The lowest BCUT2D eigenvalue weighted by molar-refractivity contribution is -0.385. The third-order valence-corrected chi connectivity index (χ3v) is 4.81. The highest BCUT2D eigenvalue weighted by atomic mass is 79.9. The number of aromatic nitrogens is 1. The first-order valence-corrected chi connectivity index (χ1v) is 9.39. The number of hydrogen-bond acceptors (Lipinski definition) is 6. The number of halogens is 1. The maximum absolute atomic E-state index is 11.1. The summed E-state index contributed by atoms with van der Waals surface area (Å²) >= 11 is 3.21. The van der Waals surface area contributed by atoms with Crippen molar-refractivity contribution in [2.75, 3.05) is 0 Å². The second-order valence-corrected chi connectivity index (χ2v) is 7.28. The molecule has 0 bridgehead atoms. The molecule has 144 valence electrons. The summed E-state index contributed by atoms with van der Waals surface area (Å²) < 4.78 is 6.32. The van der Waals surface area contributed by atoms with Gasteiger partial charge in [0.2, 0.25) is 11.6 Å². The minimum absolute atomic E-state index is 0.231. The first kappa shape index (κ1) is 18.8. The predicted molar refractivity (Wildman–Crippen MR) is 114 cm³/mol. The maximum Gasteiger partial charge on any atom is 0.312 e. The summed E-state index contributed by atoms with van der Waals surface area (Å²) in [7, 11) is 0. The molecule has 0 aliphatic rings. The molecule has 7 nitrogen and oxygen atoms in total. The van der Waals surface area contributed by atoms with Crippen LogP contribution in [0.15, 0.2) is 68.5 Å². The van der Waals surface area contributed by atoms with Crippen LogP contribution in [0.5, 0.6) is 5.75 Å². The summed E-state index contributed by atoms with van der Waals surface area (Å²) in [5.74, 6) is 0.0415. The van der Waals surface area contributed by atoms with Gasteiger partial charge < -0.3 is 9.52 Å². The predicted octanol–water partition coefficient (Wildman–Crippen LogP) is 5.93. The lowest BCUT2D eigenvalue weighted by Gasteiger charge is -2.02. The van der Waals surface area contributed by atoms with Crippen molar-refractivity contribution in [1.82, 2.24) is 4.98 Å². The number of nitrogens with zero attached hydrogens (tertiary/aromatic N) is 3. The molecule has 0 unspecified atom stereocenters. The second-order valence-electron chi connectivity index (χ2n) is 6.37. The molecule has 0 aliphatic carbocycles. The van der Waals surface area contributed by atoms with Gasteiger partial charge in [0.05, 0.1) is 10.6 Å². The molecule has 0 fully saturated rings. The fraction of sp³-hybridized carbons (Fsp3) is 0.0476. The van der Waals surface area contributed by atoms with Crippen LogP contribution in [-0.2, 0) is 0 Å². The molecule has 0 saturated carbocycles. The van der Waals surface area contributed by atoms with Crippen LogP contribution in [0.4, 0.5) is 11.4 Å². The summed E-state index contributed by atoms with van der Waals surface area (Å²) in [4.78, 5) is 19.3. The van der Waals surface area contributed by atoms with Crippen molar-refractivity contribution in [3.63, 3.8) is 0 Å². The molecule has 0 aliphatic heterocycles. The van der Waals surface area contributed by atoms with E-state index < -0.39 is 16.4 Å². The van der Waals surface area contributed by atoms with E-state index in [1.807, 2.05) is 37.3 Å². The van der Waals surface area contributed by atoms with E-state index in [4.69, 9.17) is 4.42 Å². The number of hydrogen-bond donors (Lipinski definition) is 1. The highest BCUT2D eigenvalue weighted by Crippen LogP contribution is 2.33. The quantitative estimate of drug-likeness (QED) is 0.235. The number of oxazole rings is 1. The molecule has 3 aromatic carbocycles. The van der Waals surface area contributed by atoms with E-state index in [0.717, 1.165) is 16.6 Å². The number of aryl methyl sites for hydroxylation is 1. The average molecular weight is 452 g/mol. The Bertz CT molecular complexity index is 1280. The van der Waals surface area contributed by atoms with Crippen molar-refractivity contribution >= 4 is 44.6 Å². The summed E-state index contributed by atoms with van der Waals surface area (Å²) in [6, 6.07) is 15.8. The van der Waals surface area contributed by atoms with Crippen molar-refractivity contribution in [2.24, 2.45) is 4.99 Å². The zero-order chi connectivity index (χ0) is 20.5. The Morgan fingerprint density at radius 1 is 1.21 bits per heavy atom. The Balaban J connectivity index is 1.69.